The first-order valence-corrected chi connectivity index (χ1v) is 2.96. The van der Waals surface area contributed by atoms with Crippen molar-refractivity contribution < 1.29 is 14.3 Å². The van der Waals surface area contributed by atoms with Crippen molar-refractivity contribution in [2.24, 2.45) is 0 Å². The molecular weight excluding hydrogens is 132 g/mol. The summed E-state index contributed by atoms with van der Waals surface area (Å²) in [5.41, 5.74) is 0. The fraction of sp³-hybridized carbons (Fsp3) is 0.286. The smallest absolute Gasteiger partial charge is 0.308 e. The first-order valence-electron chi connectivity index (χ1n) is 2.96. The van der Waals surface area contributed by atoms with Gasteiger partial charge in [0.25, 0.3) is 0 Å². The quantitative estimate of drug-likeness (QED) is 0.509. The molecule has 0 radical (unpaired) electrons. The van der Waals surface area contributed by atoms with Gasteiger partial charge in [-0.25, -0.2) is 0 Å². The molecule has 0 unspecified atom stereocenters. The summed E-state index contributed by atoms with van der Waals surface area (Å²) in [6.07, 6.45) is 4.80. The maximum atomic E-state index is 10.4. The molecule has 0 aromatic carbocycles. The summed E-state index contributed by atoms with van der Waals surface area (Å²) < 4.78 is 9.58. The van der Waals surface area contributed by atoms with Crippen LogP contribution >= 0.6 is 0 Å². The molecule has 0 saturated carbocycles. The second-order valence-electron chi connectivity index (χ2n) is 1.84. The van der Waals surface area contributed by atoms with Gasteiger partial charge in [-0.2, -0.15) is 0 Å². The largest absolute Gasteiger partial charge is 0.497 e. The van der Waals surface area contributed by atoms with Gasteiger partial charge in [-0.05, 0) is 6.08 Å². The van der Waals surface area contributed by atoms with E-state index in [1.54, 1.807) is 12.2 Å². The van der Waals surface area contributed by atoms with Crippen LogP contribution in [0.1, 0.15) is 6.92 Å². The van der Waals surface area contributed by atoms with E-state index in [1.165, 1.54) is 13.2 Å². The number of allylic oxidation sites excluding steroid dienone is 1. The number of carbonyl (C=O) groups is 1. The van der Waals surface area contributed by atoms with Crippen molar-refractivity contribution >= 4 is 5.97 Å². The molecule has 3 nitrogen and oxygen atoms in total. The summed E-state index contributed by atoms with van der Waals surface area (Å²) >= 11 is 0. The number of rotatable bonds is 1. The Morgan fingerprint density at radius 3 is 3.10 bits per heavy atom. The number of carbonyl (C=O) groups excluding carboxylic acids is 1. The van der Waals surface area contributed by atoms with Crippen LogP contribution < -0.4 is 0 Å². The summed E-state index contributed by atoms with van der Waals surface area (Å²) in [7, 11) is 0. The minimum absolute atomic E-state index is 0.308. The van der Waals surface area contributed by atoms with Crippen LogP contribution in [0.15, 0.2) is 24.2 Å². The molecular formula is C7H8O3. The SMILES string of the molecule is CC(=O)OC1=CCOC=C1. The Hall–Kier alpha value is -1.25. The third-order valence-electron chi connectivity index (χ3n) is 0.971. The van der Waals surface area contributed by atoms with E-state index in [4.69, 9.17) is 9.47 Å². The van der Waals surface area contributed by atoms with Gasteiger partial charge in [0.05, 0.1) is 6.26 Å². The second-order valence-corrected chi connectivity index (χ2v) is 1.84. The van der Waals surface area contributed by atoms with E-state index in [1.807, 2.05) is 0 Å². The van der Waals surface area contributed by atoms with Gasteiger partial charge in [0.2, 0.25) is 0 Å². The Balaban J connectivity index is 2.48. The molecule has 0 N–H and O–H groups in total. The Labute approximate surface area is 58.9 Å². The molecule has 0 bridgehead atoms. The van der Waals surface area contributed by atoms with Crippen molar-refractivity contribution in [1.82, 2.24) is 0 Å². The molecule has 1 rings (SSSR count). The molecule has 1 aliphatic rings. The van der Waals surface area contributed by atoms with E-state index in [9.17, 15) is 4.79 Å². The number of esters is 1. The van der Waals surface area contributed by atoms with Crippen molar-refractivity contribution in [2.75, 3.05) is 6.61 Å². The van der Waals surface area contributed by atoms with E-state index in [-0.39, 0.29) is 5.97 Å². The molecule has 54 valence electrons. The van der Waals surface area contributed by atoms with Crippen LogP contribution in [0, 0.1) is 0 Å². The fourth-order valence-electron chi connectivity index (χ4n) is 0.611. The van der Waals surface area contributed by atoms with Gasteiger partial charge >= 0.3 is 5.97 Å². The van der Waals surface area contributed by atoms with Crippen molar-refractivity contribution in [3.63, 3.8) is 0 Å². The van der Waals surface area contributed by atoms with Gasteiger partial charge < -0.3 is 9.47 Å². The van der Waals surface area contributed by atoms with Crippen LogP contribution in [-0.4, -0.2) is 12.6 Å². The van der Waals surface area contributed by atoms with Crippen LogP contribution in [0.5, 0.6) is 0 Å². The second kappa shape index (κ2) is 3.06. The van der Waals surface area contributed by atoms with Crippen LogP contribution in [0.25, 0.3) is 0 Å². The lowest BCUT2D eigenvalue weighted by Gasteiger charge is -2.06. The molecule has 0 aromatic rings. The third-order valence-corrected chi connectivity index (χ3v) is 0.971. The first kappa shape index (κ1) is 6.86. The van der Waals surface area contributed by atoms with Gasteiger partial charge in [0.15, 0.2) is 0 Å². The summed E-state index contributed by atoms with van der Waals surface area (Å²) in [6, 6.07) is 0. The summed E-state index contributed by atoms with van der Waals surface area (Å²) in [4.78, 5) is 10.4. The molecule has 1 heterocycles. The van der Waals surface area contributed by atoms with Crippen LogP contribution in [0.4, 0.5) is 0 Å². The maximum Gasteiger partial charge on any atom is 0.308 e. The van der Waals surface area contributed by atoms with Crippen LogP contribution in [-0.2, 0) is 14.3 Å². The van der Waals surface area contributed by atoms with E-state index in [0.29, 0.717) is 12.4 Å². The zero-order valence-corrected chi connectivity index (χ0v) is 5.66. The van der Waals surface area contributed by atoms with Crippen LogP contribution in [0.2, 0.25) is 0 Å². The Kier molecular flexibility index (Phi) is 2.10. The van der Waals surface area contributed by atoms with Crippen molar-refractivity contribution in [2.45, 2.75) is 6.92 Å². The van der Waals surface area contributed by atoms with Gasteiger partial charge in [-0.1, -0.05) is 0 Å². The highest BCUT2D eigenvalue weighted by atomic mass is 16.5. The monoisotopic (exact) mass is 140 g/mol. The van der Waals surface area contributed by atoms with Crippen molar-refractivity contribution in [1.29, 1.82) is 0 Å². The van der Waals surface area contributed by atoms with Crippen molar-refractivity contribution in [3.05, 3.63) is 24.2 Å². The van der Waals surface area contributed by atoms with E-state index >= 15 is 0 Å². The highest BCUT2D eigenvalue weighted by molar-refractivity contribution is 5.67. The predicted octanol–water partition coefficient (Wildman–Crippen LogP) is 0.977. The Morgan fingerprint density at radius 2 is 2.60 bits per heavy atom. The Bertz CT molecular complexity index is 191. The summed E-state index contributed by atoms with van der Waals surface area (Å²) in [6.45, 7) is 1.84. The lowest BCUT2D eigenvalue weighted by molar-refractivity contribution is -0.136. The van der Waals surface area contributed by atoms with Gasteiger partial charge in [-0.3, -0.25) is 4.79 Å². The number of hydrogen-bond acceptors (Lipinski definition) is 3. The average Bonchev–Trinajstić information content (AvgIpc) is 1.88. The lowest BCUT2D eigenvalue weighted by Crippen LogP contribution is -2.00. The van der Waals surface area contributed by atoms with Crippen LogP contribution in [0.3, 0.4) is 0 Å². The van der Waals surface area contributed by atoms with E-state index in [2.05, 4.69) is 0 Å². The topological polar surface area (TPSA) is 35.5 Å². The zero-order chi connectivity index (χ0) is 7.40. The maximum absolute atomic E-state index is 10.4. The molecule has 0 aliphatic carbocycles. The van der Waals surface area contributed by atoms with Gasteiger partial charge in [0.1, 0.15) is 12.4 Å². The zero-order valence-electron chi connectivity index (χ0n) is 5.66. The summed E-state index contributed by atoms with van der Waals surface area (Å²) in [5, 5.41) is 0. The van der Waals surface area contributed by atoms with Gasteiger partial charge in [0, 0.05) is 13.0 Å². The minimum atomic E-state index is -0.308. The highest BCUT2D eigenvalue weighted by Crippen LogP contribution is 2.04. The lowest BCUT2D eigenvalue weighted by atomic mass is 10.4. The van der Waals surface area contributed by atoms with Gasteiger partial charge in [-0.15, -0.1) is 0 Å². The molecule has 10 heavy (non-hydrogen) atoms. The predicted molar refractivity (Wildman–Crippen MR) is 34.9 cm³/mol. The summed E-state index contributed by atoms with van der Waals surface area (Å²) in [5.74, 6) is 0.247. The molecule has 0 aromatic heterocycles. The average molecular weight is 140 g/mol. The van der Waals surface area contributed by atoms with E-state index in [0.717, 1.165) is 0 Å². The first-order chi connectivity index (χ1) is 4.79. The minimum Gasteiger partial charge on any atom is -0.497 e. The molecule has 3 heteroatoms. The Morgan fingerprint density at radius 1 is 1.80 bits per heavy atom. The normalized spacial score (nSPS) is 15.5. The van der Waals surface area contributed by atoms with E-state index < -0.39 is 0 Å². The molecule has 0 amide bonds. The number of ether oxygens (including phenoxy) is 2. The molecule has 1 aliphatic heterocycles. The third kappa shape index (κ3) is 1.93. The molecule has 0 atom stereocenters. The molecule has 0 spiro atoms. The highest BCUT2D eigenvalue weighted by Gasteiger charge is 2.00. The standard InChI is InChI=1S/C7H8O3/c1-6(8)10-7-2-4-9-5-3-7/h2-4H,5H2,1H3. The molecule has 0 fully saturated rings. The van der Waals surface area contributed by atoms with Crippen molar-refractivity contribution in [3.8, 4) is 0 Å². The molecule has 0 saturated heterocycles. The number of hydrogen-bond donors (Lipinski definition) is 0. The fourth-order valence-corrected chi connectivity index (χ4v) is 0.611.